The zero-order valence-electron chi connectivity index (χ0n) is 14.5. The highest BCUT2D eigenvalue weighted by Crippen LogP contribution is 2.19. The molecule has 1 N–H and O–H groups in total. The van der Waals surface area contributed by atoms with Gasteiger partial charge in [-0.2, -0.15) is 0 Å². The molecule has 0 saturated carbocycles. The van der Waals surface area contributed by atoms with E-state index in [4.69, 9.17) is 0 Å². The van der Waals surface area contributed by atoms with Crippen molar-refractivity contribution in [3.8, 4) is 0 Å². The van der Waals surface area contributed by atoms with E-state index >= 15 is 0 Å². The van der Waals surface area contributed by atoms with E-state index in [-0.39, 0.29) is 23.8 Å². The van der Waals surface area contributed by atoms with Gasteiger partial charge >= 0.3 is 0 Å². The van der Waals surface area contributed by atoms with Gasteiger partial charge in [-0.05, 0) is 24.3 Å². The third-order valence-electron chi connectivity index (χ3n) is 3.99. The van der Waals surface area contributed by atoms with Gasteiger partial charge in [-0.25, -0.2) is 4.98 Å². The fraction of sp³-hybridized carbons (Fsp3) is 0.105. The van der Waals surface area contributed by atoms with Crippen molar-refractivity contribution in [2.24, 2.45) is 7.05 Å². The molecule has 27 heavy (non-hydrogen) atoms. The summed E-state index contributed by atoms with van der Waals surface area (Å²) in [5.41, 5.74) is 1.18. The topological polar surface area (TPSA) is 107 Å². The summed E-state index contributed by atoms with van der Waals surface area (Å²) < 4.78 is 1.63. The highest BCUT2D eigenvalue weighted by Gasteiger charge is 2.16. The Morgan fingerprint density at radius 1 is 1.15 bits per heavy atom. The lowest BCUT2D eigenvalue weighted by atomic mass is 10.1. The lowest BCUT2D eigenvalue weighted by molar-refractivity contribution is -0.385. The third-order valence-corrected chi connectivity index (χ3v) is 3.99. The predicted molar refractivity (Wildman–Crippen MR) is 98.5 cm³/mol. The second kappa shape index (κ2) is 7.61. The molecule has 1 heterocycles. The van der Waals surface area contributed by atoms with Crippen molar-refractivity contribution in [1.82, 2.24) is 9.55 Å². The highest BCUT2D eigenvalue weighted by molar-refractivity contribution is 6.07. The van der Waals surface area contributed by atoms with Crippen LogP contribution in [-0.2, 0) is 18.3 Å². The van der Waals surface area contributed by atoms with Gasteiger partial charge in [0.15, 0.2) is 5.82 Å². The number of para-hydroxylation sites is 1. The standard InChI is InChI=1S/C19H16N4O4/c1-22-11-10-20-19(22)18(25)13-6-8-15(9-7-13)21-17(24)12-14-4-2-3-5-16(14)23(26)27/h2-11H,12H2,1H3,(H,21,24). The lowest BCUT2D eigenvalue weighted by Gasteiger charge is -2.07. The molecule has 0 aliphatic rings. The molecule has 0 bridgehead atoms. The maximum absolute atomic E-state index is 12.4. The molecule has 0 unspecified atom stereocenters. The summed E-state index contributed by atoms with van der Waals surface area (Å²) >= 11 is 0. The zero-order valence-corrected chi connectivity index (χ0v) is 14.5. The van der Waals surface area contributed by atoms with Gasteiger partial charge in [0.05, 0.1) is 11.3 Å². The van der Waals surface area contributed by atoms with E-state index in [1.807, 2.05) is 0 Å². The molecule has 8 heteroatoms. The zero-order chi connectivity index (χ0) is 19.4. The number of benzene rings is 2. The number of hydrogen-bond donors (Lipinski definition) is 1. The van der Waals surface area contributed by atoms with Gasteiger partial charge in [-0.15, -0.1) is 0 Å². The largest absolute Gasteiger partial charge is 0.331 e. The number of aryl methyl sites for hydroxylation is 1. The van der Waals surface area contributed by atoms with E-state index in [0.717, 1.165) is 0 Å². The van der Waals surface area contributed by atoms with Crippen molar-refractivity contribution in [2.75, 3.05) is 5.32 Å². The molecule has 1 amide bonds. The summed E-state index contributed by atoms with van der Waals surface area (Å²) in [6.07, 6.45) is 3.11. The Kier molecular flexibility index (Phi) is 5.07. The quantitative estimate of drug-likeness (QED) is 0.411. The number of ketones is 1. The van der Waals surface area contributed by atoms with Crippen LogP contribution in [-0.4, -0.2) is 26.2 Å². The normalized spacial score (nSPS) is 10.4. The van der Waals surface area contributed by atoms with Crippen LogP contribution in [0.1, 0.15) is 21.7 Å². The SMILES string of the molecule is Cn1ccnc1C(=O)c1ccc(NC(=O)Cc2ccccc2[N+](=O)[O-])cc1. The van der Waals surface area contributed by atoms with Crippen molar-refractivity contribution < 1.29 is 14.5 Å². The van der Waals surface area contributed by atoms with E-state index in [9.17, 15) is 19.7 Å². The lowest BCUT2D eigenvalue weighted by Crippen LogP contribution is -2.15. The summed E-state index contributed by atoms with van der Waals surface area (Å²) in [5.74, 6) is -0.282. The maximum atomic E-state index is 12.4. The highest BCUT2D eigenvalue weighted by atomic mass is 16.6. The van der Waals surface area contributed by atoms with Crippen LogP contribution in [0.25, 0.3) is 0 Å². The fourth-order valence-corrected chi connectivity index (χ4v) is 2.64. The first-order valence-electron chi connectivity index (χ1n) is 8.10. The number of nitrogens with zero attached hydrogens (tertiary/aromatic N) is 3. The van der Waals surface area contributed by atoms with Crippen molar-refractivity contribution >= 4 is 23.1 Å². The van der Waals surface area contributed by atoms with Crippen LogP contribution >= 0.6 is 0 Å². The third kappa shape index (κ3) is 4.06. The van der Waals surface area contributed by atoms with Gasteiger partial charge in [0.2, 0.25) is 11.7 Å². The summed E-state index contributed by atoms with van der Waals surface area (Å²) in [6, 6.07) is 12.5. The summed E-state index contributed by atoms with van der Waals surface area (Å²) in [4.78, 5) is 39.1. The molecule has 136 valence electrons. The van der Waals surface area contributed by atoms with Crippen LogP contribution in [0.3, 0.4) is 0 Å². The Hall–Kier alpha value is -3.81. The van der Waals surface area contributed by atoms with Gasteiger partial charge < -0.3 is 9.88 Å². The Labute approximate surface area is 154 Å². The second-order valence-corrected chi connectivity index (χ2v) is 5.88. The van der Waals surface area contributed by atoms with E-state index in [2.05, 4.69) is 10.3 Å². The minimum atomic E-state index is -0.513. The number of imidazole rings is 1. The van der Waals surface area contributed by atoms with Gasteiger partial charge in [-0.1, -0.05) is 18.2 Å². The number of amides is 1. The number of carbonyl (C=O) groups excluding carboxylic acids is 2. The molecule has 0 aliphatic carbocycles. The second-order valence-electron chi connectivity index (χ2n) is 5.88. The number of anilines is 1. The first-order chi connectivity index (χ1) is 13.0. The van der Waals surface area contributed by atoms with E-state index in [1.165, 1.54) is 6.07 Å². The maximum Gasteiger partial charge on any atom is 0.273 e. The first-order valence-corrected chi connectivity index (χ1v) is 8.10. The summed E-state index contributed by atoms with van der Waals surface area (Å²) in [6.45, 7) is 0. The van der Waals surface area contributed by atoms with Gasteiger partial charge in [0, 0.05) is 42.3 Å². The Balaban J connectivity index is 1.68. The van der Waals surface area contributed by atoms with Crippen molar-refractivity contribution in [2.45, 2.75) is 6.42 Å². The number of nitrogens with one attached hydrogen (secondary N) is 1. The fourth-order valence-electron chi connectivity index (χ4n) is 2.64. The molecular formula is C19H16N4O4. The van der Waals surface area contributed by atoms with Crippen LogP contribution in [0.5, 0.6) is 0 Å². The van der Waals surface area contributed by atoms with Crippen LogP contribution in [0, 0.1) is 10.1 Å². The van der Waals surface area contributed by atoms with Crippen molar-refractivity contribution in [3.63, 3.8) is 0 Å². The molecule has 2 aromatic carbocycles. The smallest absolute Gasteiger partial charge is 0.273 e. The van der Waals surface area contributed by atoms with Gasteiger partial charge in [0.25, 0.3) is 5.69 Å². The molecule has 8 nitrogen and oxygen atoms in total. The molecule has 0 saturated heterocycles. The molecule has 0 spiro atoms. The van der Waals surface area contributed by atoms with Gasteiger partial charge in [-0.3, -0.25) is 19.7 Å². The van der Waals surface area contributed by atoms with Crippen LogP contribution < -0.4 is 5.32 Å². The molecular weight excluding hydrogens is 348 g/mol. The Morgan fingerprint density at radius 2 is 1.85 bits per heavy atom. The summed E-state index contributed by atoms with van der Waals surface area (Å²) in [5, 5.41) is 13.7. The number of rotatable bonds is 6. The number of carbonyl (C=O) groups is 2. The average Bonchev–Trinajstić information content (AvgIpc) is 3.08. The Morgan fingerprint density at radius 3 is 2.48 bits per heavy atom. The predicted octanol–water partition coefficient (Wildman–Crippen LogP) is 2.74. The van der Waals surface area contributed by atoms with Gasteiger partial charge in [0.1, 0.15) is 0 Å². The molecule has 0 radical (unpaired) electrons. The Bertz CT molecular complexity index is 1010. The summed E-state index contributed by atoms with van der Waals surface area (Å²) in [7, 11) is 1.73. The number of nitro benzene ring substituents is 1. The van der Waals surface area contributed by atoms with Crippen LogP contribution in [0.4, 0.5) is 11.4 Å². The number of nitro groups is 1. The monoisotopic (exact) mass is 364 g/mol. The molecule has 3 rings (SSSR count). The first kappa shape index (κ1) is 18.0. The van der Waals surface area contributed by atoms with E-state index < -0.39 is 4.92 Å². The minimum Gasteiger partial charge on any atom is -0.331 e. The average molecular weight is 364 g/mol. The molecule has 1 aromatic heterocycles. The molecule has 0 atom stereocenters. The molecule has 3 aromatic rings. The van der Waals surface area contributed by atoms with Crippen molar-refractivity contribution in [1.29, 1.82) is 0 Å². The molecule has 0 aliphatic heterocycles. The van der Waals surface area contributed by atoms with Crippen molar-refractivity contribution in [3.05, 3.63) is 88.0 Å². The van der Waals surface area contributed by atoms with E-state index in [1.54, 1.807) is 66.5 Å². The van der Waals surface area contributed by atoms with E-state index in [0.29, 0.717) is 22.6 Å². The van der Waals surface area contributed by atoms with Crippen LogP contribution in [0.2, 0.25) is 0 Å². The minimum absolute atomic E-state index is 0.0938. The molecule has 0 fully saturated rings. The number of hydrogen-bond acceptors (Lipinski definition) is 5. The number of aromatic nitrogens is 2. The van der Waals surface area contributed by atoms with Crippen LogP contribution in [0.15, 0.2) is 60.9 Å².